The molecule has 0 aromatic heterocycles. The molecular formula is C20H24FNO5. The number of aliphatic carboxylic acids is 1. The van der Waals surface area contributed by atoms with Gasteiger partial charge in [0.05, 0.1) is 16.6 Å². The molecular weight excluding hydrogens is 353 g/mol. The van der Waals surface area contributed by atoms with Crippen LogP contribution in [0.1, 0.15) is 56.9 Å². The van der Waals surface area contributed by atoms with E-state index in [4.69, 9.17) is 5.11 Å². The van der Waals surface area contributed by atoms with Crippen molar-refractivity contribution < 1.29 is 24.0 Å². The van der Waals surface area contributed by atoms with E-state index in [9.17, 15) is 24.1 Å². The Kier molecular flexibility index (Phi) is 7.64. The van der Waals surface area contributed by atoms with Crippen LogP contribution in [0.5, 0.6) is 0 Å². The number of carboxylic acid groups (broad SMARTS) is 1. The molecule has 1 N–H and O–H groups in total. The molecule has 1 fully saturated rings. The first-order valence-corrected chi connectivity index (χ1v) is 9.25. The van der Waals surface area contributed by atoms with E-state index in [1.54, 1.807) is 6.08 Å². The van der Waals surface area contributed by atoms with E-state index in [0.29, 0.717) is 24.8 Å². The zero-order chi connectivity index (χ0) is 19.8. The molecule has 0 saturated heterocycles. The number of halogens is 1. The molecule has 1 aromatic rings. The summed E-state index contributed by atoms with van der Waals surface area (Å²) in [5, 5.41) is 19.7. The van der Waals surface area contributed by atoms with Crippen LogP contribution in [0.4, 0.5) is 10.1 Å². The van der Waals surface area contributed by atoms with Gasteiger partial charge in [-0.25, -0.2) is 4.39 Å². The Morgan fingerprint density at radius 1 is 1.30 bits per heavy atom. The third-order valence-corrected chi connectivity index (χ3v) is 5.02. The Morgan fingerprint density at radius 3 is 2.74 bits per heavy atom. The summed E-state index contributed by atoms with van der Waals surface area (Å²) in [4.78, 5) is 33.1. The second-order valence-electron chi connectivity index (χ2n) is 6.94. The number of benzene rings is 1. The lowest BCUT2D eigenvalue weighted by Gasteiger charge is -2.14. The number of carbonyl (C=O) groups excluding carboxylic acids is 1. The predicted molar refractivity (Wildman–Crippen MR) is 98.6 cm³/mol. The SMILES string of the molecule is O=C(O)CCCCCCC1C(=O)CCC1C=Cc1ccc(F)cc1[N+](=O)[O-]. The molecule has 7 heteroatoms. The fourth-order valence-corrected chi connectivity index (χ4v) is 3.58. The van der Waals surface area contributed by atoms with Gasteiger partial charge in [0.1, 0.15) is 11.6 Å². The normalized spacial score (nSPS) is 19.7. The van der Waals surface area contributed by atoms with Crippen molar-refractivity contribution in [2.24, 2.45) is 11.8 Å². The van der Waals surface area contributed by atoms with Crippen molar-refractivity contribution in [1.29, 1.82) is 0 Å². The van der Waals surface area contributed by atoms with Crippen molar-refractivity contribution >= 4 is 23.5 Å². The molecule has 0 heterocycles. The number of hydrogen-bond acceptors (Lipinski definition) is 4. The fourth-order valence-electron chi connectivity index (χ4n) is 3.58. The fraction of sp³-hybridized carbons (Fsp3) is 0.500. The van der Waals surface area contributed by atoms with Crippen molar-refractivity contribution in [3.63, 3.8) is 0 Å². The molecule has 0 radical (unpaired) electrons. The van der Waals surface area contributed by atoms with Gasteiger partial charge in [0.15, 0.2) is 0 Å². The highest BCUT2D eigenvalue weighted by Crippen LogP contribution is 2.35. The monoisotopic (exact) mass is 377 g/mol. The highest BCUT2D eigenvalue weighted by Gasteiger charge is 2.32. The van der Waals surface area contributed by atoms with E-state index in [2.05, 4.69) is 0 Å². The van der Waals surface area contributed by atoms with Gasteiger partial charge >= 0.3 is 5.97 Å². The minimum absolute atomic E-state index is 0.0289. The van der Waals surface area contributed by atoms with Gasteiger partial charge < -0.3 is 5.11 Å². The van der Waals surface area contributed by atoms with Gasteiger partial charge in [-0.05, 0) is 37.3 Å². The highest BCUT2D eigenvalue weighted by atomic mass is 19.1. The van der Waals surface area contributed by atoms with E-state index in [1.165, 1.54) is 12.1 Å². The Morgan fingerprint density at radius 2 is 2.04 bits per heavy atom. The third-order valence-electron chi connectivity index (χ3n) is 5.02. The number of unbranched alkanes of at least 4 members (excludes halogenated alkanes) is 3. The van der Waals surface area contributed by atoms with Crippen LogP contribution in [0.3, 0.4) is 0 Å². The summed E-state index contributed by atoms with van der Waals surface area (Å²) in [5.74, 6) is -1.30. The molecule has 2 atom stereocenters. The molecule has 0 spiro atoms. The Labute approximate surface area is 157 Å². The second-order valence-corrected chi connectivity index (χ2v) is 6.94. The first-order chi connectivity index (χ1) is 12.9. The molecule has 27 heavy (non-hydrogen) atoms. The molecule has 1 aliphatic rings. The van der Waals surface area contributed by atoms with Gasteiger partial charge in [-0.2, -0.15) is 0 Å². The van der Waals surface area contributed by atoms with Gasteiger partial charge in [-0.3, -0.25) is 19.7 Å². The average Bonchev–Trinajstić information content (AvgIpc) is 2.96. The van der Waals surface area contributed by atoms with Crippen molar-refractivity contribution in [2.45, 2.75) is 51.4 Å². The Balaban J connectivity index is 1.93. The molecule has 0 amide bonds. The van der Waals surface area contributed by atoms with Gasteiger partial charge in [-0.1, -0.05) is 31.4 Å². The number of carbonyl (C=O) groups is 2. The maximum absolute atomic E-state index is 13.2. The molecule has 1 aromatic carbocycles. The number of allylic oxidation sites excluding steroid dienone is 1. The Bertz CT molecular complexity index is 731. The molecule has 0 aliphatic heterocycles. The zero-order valence-corrected chi connectivity index (χ0v) is 15.1. The first kappa shape index (κ1) is 20.7. The molecule has 6 nitrogen and oxygen atoms in total. The van der Waals surface area contributed by atoms with E-state index < -0.39 is 16.7 Å². The highest BCUT2D eigenvalue weighted by molar-refractivity contribution is 5.84. The van der Waals surface area contributed by atoms with Crippen molar-refractivity contribution in [2.75, 3.05) is 0 Å². The lowest BCUT2D eigenvalue weighted by Crippen LogP contribution is -2.13. The minimum atomic E-state index is -0.791. The van der Waals surface area contributed by atoms with E-state index >= 15 is 0 Å². The van der Waals surface area contributed by atoms with Crippen LogP contribution in [0.2, 0.25) is 0 Å². The number of Topliss-reactive ketones (excluding diaryl/α,β-unsaturated/α-hetero) is 1. The van der Waals surface area contributed by atoms with Crippen LogP contribution in [-0.2, 0) is 9.59 Å². The summed E-state index contributed by atoms with van der Waals surface area (Å²) in [7, 11) is 0. The van der Waals surface area contributed by atoms with Crippen LogP contribution >= 0.6 is 0 Å². The number of nitro benzene ring substituents is 1. The van der Waals surface area contributed by atoms with Crippen LogP contribution < -0.4 is 0 Å². The van der Waals surface area contributed by atoms with E-state index in [-0.39, 0.29) is 29.7 Å². The molecule has 146 valence electrons. The second kappa shape index (κ2) is 9.94. The molecule has 1 saturated carbocycles. The number of ketones is 1. The minimum Gasteiger partial charge on any atom is -0.481 e. The van der Waals surface area contributed by atoms with Crippen LogP contribution in [0.25, 0.3) is 6.08 Å². The maximum Gasteiger partial charge on any atom is 0.303 e. The van der Waals surface area contributed by atoms with Crippen molar-refractivity contribution in [3.8, 4) is 0 Å². The molecule has 2 rings (SSSR count). The number of rotatable bonds is 10. The smallest absolute Gasteiger partial charge is 0.303 e. The third kappa shape index (κ3) is 6.27. The Hall–Kier alpha value is -2.57. The number of carboxylic acids is 1. The number of nitro groups is 1. The topological polar surface area (TPSA) is 97.5 Å². The zero-order valence-electron chi connectivity index (χ0n) is 15.1. The van der Waals surface area contributed by atoms with Gasteiger partial charge in [0.25, 0.3) is 5.69 Å². The molecule has 1 aliphatic carbocycles. The predicted octanol–water partition coefficient (Wildman–Crippen LogP) is 4.77. The first-order valence-electron chi connectivity index (χ1n) is 9.25. The lowest BCUT2D eigenvalue weighted by atomic mass is 9.89. The summed E-state index contributed by atoms with van der Waals surface area (Å²) in [6.45, 7) is 0. The van der Waals surface area contributed by atoms with E-state index in [1.807, 2.05) is 6.08 Å². The van der Waals surface area contributed by atoms with Crippen LogP contribution in [0, 0.1) is 27.8 Å². The molecule has 0 bridgehead atoms. The average molecular weight is 377 g/mol. The standard InChI is InChI=1S/C20H24FNO5/c21-16-11-9-15(18(13-16)22(26)27)8-7-14-10-12-19(23)17(14)5-3-1-2-4-6-20(24)25/h7-9,11,13-14,17H,1-6,10,12H2,(H,24,25). The largest absolute Gasteiger partial charge is 0.481 e. The summed E-state index contributed by atoms with van der Waals surface area (Å²) in [6, 6.07) is 3.45. The van der Waals surface area contributed by atoms with Crippen LogP contribution in [-0.4, -0.2) is 21.8 Å². The quantitative estimate of drug-likeness (QED) is 0.360. The van der Waals surface area contributed by atoms with Crippen molar-refractivity contribution in [3.05, 3.63) is 45.8 Å². The summed E-state index contributed by atoms with van der Waals surface area (Å²) in [5.41, 5.74) is 0.0405. The van der Waals surface area contributed by atoms with E-state index in [0.717, 1.165) is 31.7 Å². The van der Waals surface area contributed by atoms with Crippen molar-refractivity contribution in [1.82, 2.24) is 0 Å². The summed E-state index contributed by atoms with van der Waals surface area (Å²) in [6.07, 6.45) is 8.80. The van der Waals surface area contributed by atoms with Gasteiger partial charge in [-0.15, -0.1) is 0 Å². The maximum atomic E-state index is 13.2. The van der Waals surface area contributed by atoms with Gasteiger partial charge in [0, 0.05) is 18.8 Å². The van der Waals surface area contributed by atoms with Crippen LogP contribution in [0.15, 0.2) is 24.3 Å². The number of nitrogens with zero attached hydrogens (tertiary/aromatic N) is 1. The lowest BCUT2D eigenvalue weighted by molar-refractivity contribution is -0.385. The summed E-state index contributed by atoms with van der Waals surface area (Å²) >= 11 is 0. The molecule has 2 unspecified atom stereocenters. The number of hydrogen-bond donors (Lipinski definition) is 1. The van der Waals surface area contributed by atoms with Gasteiger partial charge in [0.2, 0.25) is 0 Å². The summed E-state index contributed by atoms with van der Waals surface area (Å²) < 4.78 is 13.2.